The van der Waals surface area contributed by atoms with Crippen molar-refractivity contribution < 1.29 is 14.3 Å². The van der Waals surface area contributed by atoms with Gasteiger partial charge in [-0.05, 0) is 36.6 Å². The number of anilines is 1. The number of carbonyl (C=O) groups is 2. The van der Waals surface area contributed by atoms with E-state index in [1.807, 2.05) is 66.7 Å². The van der Waals surface area contributed by atoms with Crippen LogP contribution in [0, 0.1) is 0 Å². The molecule has 0 bridgehead atoms. The second kappa shape index (κ2) is 13.1. The number of esters is 1. The molecule has 0 radical (unpaired) electrons. The van der Waals surface area contributed by atoms with Gasteiger partial charge in [-0.3, -0.25) is 14.6 Å². The lowest BCUT2D eigenvalue weighted by molar-refractivity contribution is -0.145. The van der Waals surface area contributed by atoms with Gasteiger partial charge in [0.15, 0.2) is 0 Å². The molecule has 3 aromatic rings. The van der Waals surface area contributed by atoms with Crippen LogP contribution in [-0.2, 0) is 27.4 Å². The predicted molar refractivity (Wildman–Crippen MR) is 128 cm³/mol. The number of halogens is 1. The first kappa shape index (κ1) is 24.9. The number of nitrogens with one attached hydrogen (secondary N) is 2. The first-order chi connectivity index (χ1) is 15.1. The second-order valence-electron chi connectivity index (χ2n) is 7.35. The Hall–Kier alpha value is -3.38. The zero-order valence-corrected chi connectivity index (χ0v) is 18.8. The first-order valence-corrected chi connectivity index (χ1v) is 10.3. The molecule has 0 fully saturated rings. The third kappa shape index (κ3) is 8.40. The number of aromatic nitrogens is 1. The maximum atomic E-state index is 12.8. The zero-order chi connectivity index (χ0) is 21.9. The molecule has 1 heterocycles. The van der Waals surface area contributed by atoms with Crippen LogP contribution in [0.4, 0.5) is 5.69 Å². The Labute approximate surface area is 194 Å². The molecule has 0 saturated carbocycles. The van der Waals surface area contributed by atoms with Gasteiger partial charge in [0, 0.05) is 18.4 Å². The molecular formula is C25H28ClN3O3. The number of carbonyl (C=O) groups excluding carboxylic acids is 2. The van der Waals surface area contributed by atoms with Crippen LogP contribution in [0.2, 0.25) is 0 Å². The Morgan fingerprint density at radius 2 is 1.59 bits per heavy atom. The largest absolute Gasteiger partial charge is 0.461 e. The number of nitrogens with zero attached hydrogens (tertiary/aromatic N) is 1. The van der Waals surface area contributed by atoms with Crippen LogP contribution in [0.1, 0.15) is 24.5 Å². The van der Waals surface area contributed by atoms with Crippen molar-refractivity contribution >= 4 is 30.0 Å². The highest BCUT2D eigenvalue weighted by Gasteiger charge is 2.21. The average Bonchev–Trinajstić information content (AvgIpc) is 2.79. The molecule has 1 amide bonds. The van der Waals surface area contributed by atoms with E-state index in [1.165, 1.54) is 0 Å². The van der Waals surface area contributed by atoms with Gasteiger partial charge in [0.25, 0.3) is 0 Å². The molecule has 2 aromatic carbocycles. The van der Waals surface area contributed by atoms with Crippen molar-refractivity contribution in [3.05, 3.63) is 96.3 Å². The van der Waals surface area contributed by atoms with Crippen LogP contribution < -0.4 is 10.6 Å². The Bertz CT molecular complexity index is 956. The lowest BCUT2D eigenvalue weighted by Crippen LogP contribution is -2.45. The zero-order valence-electron chi connectivity index (χ0n) is 17.9. The minimum Gasteiger partial charge on any atom is -0.461 e. The SMILES string of the molecule is C[C@H](Nc1cccnc1)C(=O)N[C@H](CC(=O)OCc1ccccc1)Cc1ccccc1.Cl. The molecule has 2 atom stereocenters. The van der Waals surface area contributed by atoms with Gasteiger partial charge in [-0.15, -0.1) is 12.4 Å². The molecule has 6 nitrogen and oxygen atoms in total. The molecule has 2 N–H and O–H groups in total. The highest BCUT2D eigenvalue weighted by atomic mass is 35.5. The van der Waals surface area contributed by atoms with Crippen LogP contribution in [-0.4, -0.2) is 28.9 Å². The topological polar surface area (TPSA) is 80.3 Å². The van der Waals surface area contributed by atoms with Crippen LogP contribution in [0.5, 0.6) is 0 Å². The maximum absolute atomic E-state index is 12.8. The predicted octanol–water partition coefficient (Wildman–Crippen LogP) is 4.16. The Balaban J connectivity index is 0.00000363. The number of ether oxygens (including phenoxy) is 1. The van der Waals surface area contributed by atoms with Crippen molar-refractivity contribution in [2.75, 3.05) is 5.32 Å². The summed E-state index contributed by atoms with van der Waals surface area (Å²) in [5, 5.41) is 6.11. The number of pyridine rings is 1. The minimum absolute atomic E-state index is 0. The minimum atomic E-state index is -0.484. The summed E-state index contributed by atoms with van der Waals surface area (Å²) in [6.45, 7) is 1.99. The summed E-state index contributed by atoms with van der Waals surface area (Å²) in [5.74, 6) is -0.543. The van der Waals surface area contributed by atoms with E-state index in [0.717, 1.165) is 16.8 Å². The van der Waals surface area contributed by atoms with Gasteiger partial charge in [0.2, 0.25) is 5.91 Å². The van der Waals surface area contributed by atoms with Crippen molar-refractivity contribution in [1.29, 1.82) is 0 Å². The van der Waals surface area contributed by atoms with Crippen molar-refractivity contribution in [3.63, 3.8) is 0 Å². The highest BCUT2D eigenvalue weighted by molar-refractivity contribution is 5.85. The fourth-order valence-electron chi connectivity index (χ4n) is 3.16. The van der Waals surface area contributed by atoms with Gasteiger partial charge in [-0.2, -0.15) is 0 Å². The Kier molecular flexibility index (Phi) is 10.2. The first-order valence-electron chi connectivity index (χ1n) is 10.3. The summed E-state index contributed by atoms with van der Waals surface area (Å²) in [4.78, 5) is 29.3. The van der Waals surface area contributed by atoms with Crippen LogP contribution in [0.3, 0.4) is 0 Å². The lowest BCUT2D eigenvalue weighted by Gasteiger charge is -2.22. The van der Waals surface area contributed by atoms with Crippen molar-refractivity contribution in [2.45, 2.75) is 38.5 Å². The molecule has 0 saturated heterocycles. The number of hydrogen-bond donors (Lipinski definition) is 2. The Morgan fingerprint density at radius 3 is 2.22 bits per heavy atom. The fourth-order valence-corrected chi connectivity index (χ4v) is 3.16. The number of hydrogen-bond acceptors (Lipinski definition) is 5. The van der Waals surface area contributed by atoms with E-state index < -0.39 is 6.04 Å². The van der Waals surface area contributed by atoms with Gasteiger partial charge in [0.1, 0.15) is 12.6 Å². The van der Waals surface area contributed by atoms with Gasteiger partial charge in [-0.25, -0.2) is 0 Å². The summed E-state index contributed by atoms with van der Waals surface area (Å²) in [6, 6.07) is 22.1. The van der Waals surface area contributed by atoms with Gasteiger partial charge < -0.3 is 15.4 Å². The van der Waals surface area contributed by atoms with Crippen LogP contribution >= 0.6 is 12.4 Å². The van der Waals surface area contributed by atoms with Gasteiger partial charge in [-0.1, -0.05) is 60.7 Å². The summed E-state index contributed by atoms with van der Waals surface area (Å²) < 4.78 is 5.42. The molecule has 0 unspecified atom stereocenters. The molecular weight excluding hydrogens is 426 g/mol. The van der Waals surface area contributed by atoms with Crippen molar-refractivity contribution in [3.8, 4) is 0 Å². The number of amides is 1. The average molecular weight is 454 g/mol. The summed E-state index contributed by atoms with van der Waals surface area (Å²) in [6.07, 6.45) is 3.96. The molecule has 0 aliphatic rings. The van der Waals surface area contributed by atoms with E-state index in [-0.39, 0.29) is 43.4 Å². The lowest BCUT2D eigenvalue weighted by atomic mass is 10.0. The Morgan fingerprint density at radius 1 is 0.938 bits per heavy atom. The third-order valence-corrected chi connectivity index (χ3v) is 4.77. The van der Waals surface area contributed by atoms with E-state index in [9.17, 15) is 9.59 Å². The number of benzene rings is 2. The smallest absolute Gasteiger partial charge is 0.308 e. The molecule has 7 heteroatoms. The van der Waals surface area contributed by atoms with Gasteiger partial charge >= 0.3 is 5.97 Å². The molecule has 32 heavy (non-hydrogen) atoms. The quantitative estimate of drug-likeness (QED) is 0.450. The fraction of sp³-hybridized carbons (Fsp3) is 0.240. The molecule has 3 rings (SSSR count). The molecule has 0 spiro atoms. The van der Waals surface area contributed by atoms with Crippen LogP contribution in [0.15, 0.2) is 85.2 Å². The number of rotatable bonds is 10. The van der Waals surface area contributed by atoms with E-state index in [4.69, 9.17) is 4.74 Å². The molecule has 0 aliphatic heterocycles. The van der Waals surface area contributed by atoms with E-state index >= 15 is 0 Å². The normalized spacial score (nSPS) is 12.0. The molecule has 0 aliphatic carbocycles. The van der Waals surface area contributed by atoms with Crippen molar-refractivity contribution in [2.24, 2.45) is 0 Å². The highest BCUT2D eigenvalue weighted by Crippen LogP contribution is 2.10. The van der Waals surface area contributed by atoms with E-state index in [0.29, 0.717) is 6.42 Å². The van der Waals surface area contributed by atoms with E-state index in [1.54, 1.807) is 25.4 Å². The molecule has 1 aromatic heterocycles. The van der Waals surface area contributed by atoms with Gasteiger partial charge in [0.05, 0.1) is 12.1 Å². The standard InChI is InChI=1S/C25H27N3O3.ClH/c1-19(27-22-13-8-14-26-17-22)25(30)28-23(15-20-9-4-2-5-10-20)16-24(29)31-18-21-11-6-3-7-12-21;/h2-14,17,19,23,27H,15-16,18H2,1H3,(H,28,30);1H/t19-,23-;/m0./s1. The summed E-state index contributed by atoms with van der Waals surface area (Å²) >= 11 is 0. The maximum Gasteiger partial charge on any atom is 0.308 e. The van der Waals surface area contributed by atoms with E-state index in [2.05, 4.69) is 15.6 Å². The summed E-state index contributed by atoms with van der Waals surface area (Å²) in [7, 11) is 0. The monoisotopic (exact) mass is 453 g/mol. The molecule has 168 valence electrons. The second-order valence-corrected chi connectivity index (χ2v) is 7.35. The third-order valence-electron chi connectivity index (χ3n) is 4.77. The van der Waals surface area contributed by atoms with Crippen LogP contribution in [0.25, 0.3) is 0 Å². The van der Waals surface area contributed by atoms with Crippen molar-refractivity contribution in [1.82, 2.24) is 10.3 Å². The summed E-state index contributed by atoms with van der Waals surface area (Å²) in [5.41, 5.74) is 2.72.